The van der Waals surface area contributed by atoms with Crippen LogP contribution in [0.3, 0.4) is 0 Å². The number of nitrogens with two attached hydrogens (primary N) is 1. The van der Waals surface area contributed by atoms with Crippen molar-refractivity contribution in [2.75, 3.05) is 5.84 Å². The topological polar surface area (TPSA) is 87.1 Å². The van der Waals surface area contributed by atoms with Crippen LogP contribution in [-0.4, -0.2) is 15.7 Å². The Morgan fingerprint density at radius 1 is 1.50 bits per heavy atom. The Morgan fingerprint density at radius 2 is 2.08 bits per heavy atom. The molecule has 0 saturated heterocycles. The Kier molecular flexibility index (Phi) is 1.82. The maximum Gasteiger partial charge on any atom is 0.356 e. The monoisotopic (exact) mass is 169 g/mol. The van der Waals surface area contributed by atoms with Crippen LogP contribution in [-0.2, 0) is 4.79 Å². The summed E-state index contributed by atoms with van der Waals surface area (Å²) in [5, 5.41) is 0. The highest BCUT2D eigenvalue weighted by molar-refractivity contribution is 5.51. The van der Waals surface area contributed by atoms with Crippen molar-refractivity contribution < 1.29 is 4.79 Å². The van der Waals surface area contributed by atoms with Crippen LogP contribution in [0.1, 0.15) is 5.56 Å². The molecule has 6 heteroatoms. The molecule has 12 heavy (non-hydrogen) atoms. The Balaban J connectivity index is 3.73. The van der Waals surface area contributed by atoms with Crippen LogP contribution in [0.15, 0.2) is 15.8 Å². The van der Waals surface area contributed by atoms with Gasteiger partial charge in [0.1, 0.15) is 0 Å². The van der Waals surface area contributed by atoms with Gasteiger partial charge in [0.15, 0.2) is 0 Å². The molecular formula is C6H7N3O3. The normalized spacial score (nSPS) is 9.75. The SMILES string of the molecule is Cc1cn(C=O)c(=O)n(N)c1=O. The fourth-order valence-corrected chi connectivity index (χ4v) is 0.796. The van der Waals surface area contributed by atoms with Gasteiger partial charge >= 0.3 is 5.69 Å². The van der Waals surface area contributed by atoms with Crippen LogP contribution in [0.2, 0.25) is 0 Å². The number of hydrogen-bond acceptors (Lipinski definition) is 4. The fraction of sp³-hybridized carbons (Fsp3) is 0.167. The molecule has 1 aromatic rings. The molecule has 6 nitrogen and oxygen atoms in total. The van der Waals surface area contributed by atoms with Crippen LogP contribution >= 0.6 is 0 Å². The predicted octanol–water partition coefficient (Wildman–Crippen LogP) is -1.93. The van der Waals surface area contributed by atoms with Gasteiger partial charge in [-0.3, -0.25) is 9.59 Å². The first kappa shape index (κ1) is 8.25. The summed E-state index contributed by atoms with van der Waals surface area (Å²) in [6, 6.07) is 0. The standard InChI is InChI=1S/C6H7N3O3/c1-4-2-8(3-10)6(12)9(7)5(4)11/h2-3H,7H2,1H3. The van der Waals surface area contributed by atoms with Crippen molar-refractivity contribution in [3.63, 3.8) is 0 Å². The van der Waals surface area contributed by atoms with Crippen molar-refractivity contribution in [1.82, 2.24) is 9.24 Å². The van der Waals surface area contributed by atoms with Crippen molar-refractivity contribution in [2.45, 2.75) is 6.92 Å². The summed E-state index contributed by atoms with van der Waals surface area (Å²) in [6.07, 6.45) is 1.43. The van der Waals surface area contributed by atoms with E-state index in [9.17, 15) is 14.4 Å². The number of rotatable bonds is 1. The van der Waals surface area contributed by atoms with Crippen LogP contribution < -0.4 is 17.1 Å². The highest BCUT2D eigenvalue weighted by Gasteiger charge is 2.03. The Bertz CT molecular complexity index is 429. The molecule has 0 radical (unpaired) electrons. The van der Waals surface area contributed by atoms with Gasteiger partial charge in [-0.25, -0.2) is 9.36 Å². The van der Waals surface area contributed by atoms with Crippen molar-refractivity contribution in [2.24, 2.45) is 0 Å². The van der Waals surface area contributed by atoms with Gasteiger partial charge in [0.25, 0.3) is 5.56 Å². The second-order valence-corrected chi connectivity index (χ2v) is 2.28. The maximum absolute atomic E-state index is 11.0. The third kappa shape index (κ3) is 1.03. The fourth-order valence-electron chi connectivity index (χ4n) is 0.796. The van der Waals surface area contributed by atoms with Crippen molar-refractivity contribution >= 4 is 6.41 Å². The van der Waals surface area contributed by atoms with E-state index in [2.05, 4.69) is 0 Å². The van der Waals surface area contributed by atoms with Crippen molar-refractivity contribution in [3.05, 3.63) is 32.6 Å². The lowest BCUT2D eigenvalue weighted by atomic mass is 10.4. The lowest BCUT2D eigenvalue weighted by Gasteiger charge is -2.00. The van der Waals surface area contributed by atoms with E-state index in [0.717, 1.165) is 6.20 Å². The van der Waals surface area contributed by atoms with E-state index in [0.29, 0.717) is 9.24 Å². The summed E-state index contributed by atoms with van der Waals surface area (Å²) < 4.78 is 1.10. The molecule has 0 aliphatic rings. The van der Waals surface area contributed by atoms with Crippen LogP contribution in [0, 0.1) is 6.92 Å². The molecule has 2 N–H and O–H groups in total. The smallest absolute Gasteiger partial charge is 0.332 e. The molecule has 1 heterocycles. The number of carbonyl (C=O) groups excluding carboxylic acids is 1. The molecule has 0 atom stereocenters. The number of carbonyl (C=O) groups is 1. The third-order valence-electron chi connectivity index (χ3n) is 1.43. The van der Waals surface area contributed by atoms with Crippen LogP contribution in [0.25, 0.3) is 0 Å². The minimum Gasteiger partial charge on any atom is -0.332 e. The zero-order valence-electron chi connectivity index (χ0n) is 6.35. The largest absolute Gasteiger partial charge is 0.356 e. The molecule has 0 aromatic carbocycles. The minimum absolute atomic E-state index is 0.240. The van der Waals surface area contributed by atoms with Crippen LogP contribution in [0.4, 0.5) is 0 Å². The molecule has 1 rings (SSSR count). The van der Waals surface area contributed by atoms with Gasteiger partial charge in [-0.15, -0.1) is 0 Å². The average molecular weight is 169 g/mol. The second-order valence-electron chi connectivity index (χ2n) is 2.28. The molecule has 64 valence electrons. The maximum atomic E-state index is 11.0. The lowest BCUT2D eigenvalue weighted by Crippen LogP contribution is -2.45. The van der Waals surface area contributed by atoms with E-state index in [1.54, 1.807) is 0 Å². The van der Waals surface area contributed by atoms with E-state index < -0.39 is 11.2 Å². The lowest BCUT2D eigenvalue weighted by molar-refractivity contribution is 0.541. The van der Waals surface area contributed by atoms with Gasteiger partial charge in [0.05, 0.1) is 0 Å². The molecule has 0 fully saturated rings. The van der Waals surface area contributed by atoms with Gasteiger partial charge in [-0.1, -0.05) is 0 Å². The average Bonchev–Trinajstić information content (AvgIpc) is 2.08. The quantitative estimate of drug-likeness (QED) is 0.391. The van der Waals surface area contributed by atoms with E-state index in [1.165, 1.54) is 6.92 Å². The van der Waals surface area contributed by atoms with Gasteiger partial charge in [-0.05, 0) is 6.92 Å². The van der Waals surface area contributed by atoms with Gasteiger partial charge < -0.3 is 5.84 Å². The molecule has 0 bridgehead atoms. The first-order chi connectivity index (χ1) is 5.57. The summed E-state index contributed by atoms with van der Waals surface area (Å²) in [6.45, 7) is 1.46. The molecular weight excluding hydrogens is 162 g/mol. The number of aryl methyl sites for hydroxylation is 1. The second kappa shape index (κ2) is 2.65. The summed E-state index contributed by atoms with van der Waals surface area (Å²) in [7, 11) is 0. The number of nitrogens with zero attached hydrogens (tertiary/aromatic N) is 2. The first-order valence-electron chi connectivity index (χ1n) is 3.13. The number of aromatic nitrogens is 2. The molecule has 1 aromatic heterocycles. The van der Waals surface area contributed by atoms with Gasteiger partial charge in [-0.2, -0.15) is 4.68 Å². The van der Waals surface area contributed by atoms with Gasteiger partial charge in [0, 0.05) is 11.8 Å². The number of nitrogen functional groups attached to an aromatic ring is 1. The Labute approximate surface area is 66.8 Å². The summed E-state index contributed by atoms with van der Waals surface area (Å²) >= 11 is 0. The Morgan fingerprint density at radius 3 is 2.58 bits per heavy atom. The molecule has 0 amide bonds. The number of hydrogen-bond donors (Lipinski definition) is 1. The zero-order chi connectivity index (χ0) is 9.30. The van der Waals surface area contributed by atoms with E-state index in [-0.39, 0.29) is 12.0 Å². The van der Waals surface area contributed by atoms with E-state index in [1.807, 2.05) is 0 Å². The Hall–Kier alpha value is -1.85. The first-order valence-corrected chi connectivity index (χ1v) is 3.13. The summed E-state index contributed by atoms with van der Waals surface area (Å²) in [5.41, 5.74) is -1.21. The molecule has 0 unspecified atom stereocenters. The van der Waals surface area contributed by atoms with Crippen molar-refractivity contribution in [3.8, 4) is 0 Å². The van der Waals surface area contributed by atoms with Crippen LogP contribution in [0.5, 0.6) is 0 Å². The zero-order valence-corrected chi connectivity index (χ0v) is 6.35. The summed E-state index contributed by atoms with van der Waals surface area (Å²) in [4.78, 5) is 32.1. The van der Waals surface area contributed by atoms with Crippen molar-refractivity contribution in [1.29, 1.82) is 0 Å². The third-order valence-corrected chi connectivity index (χ3v) is 1.43. The highest BCUT2D eigenvalue weighted by Crippen LogP contribution is 1.79. The van der Waals surface area contributed by atoms with E-state index >= 15 is 0 Å². The minimum atomic E-state index is -0.847. The molecule has 0 spiro atoms. The molecule has 0 saturated carbocycles. The molecule has 0 aliphatic carbocycles. The summed E-state index contributed by atoms with van der Waals surface area (Å²) in [5.74, 6) is 5.07. The van der Waals surface area contributed by atoms with Gasteiger partial charge in [0.2, 0.25) is 6.41 Å². The molecule has 0 aliphatic heterocycles. The highest BCUT2D eigenvalue weighted by atomic mass is 16.2. The predicted molar refractivity (Wildman–Crippen MR) is 42.0 cm³/mol. The van der Waals surface area contributed by atoms with E-state index in [4.69, 9.17) is 5.84 Å².